The Balaban J connectivity index is 2.26. The average molecular weight is 388 g/mol. The molecule has 2 heterocycles. The molecule has 0 saturated carbocycles. The Morgan fingerprint density at radius 1 is 1.38 bits per heavy atom. The monoisotopic (exact) mass is 387 g/mol. The lowest BCUT2D eigenvalue weighted by atomic mass is 10.1. The highest BCUT2D eigenvalue weighted by atomic mass is 79.9. The van der Waals surface area contributed by atoms with Gasteiger partial charge in [0.2, 0.25) is 0 Å². The lowest BCUT2D eigenvalue weighted by molar-refractivity contribution is 0.202. The van der Waals surface area contributed by atoms with Gasteiger partial charge in [-0.25, -0.2) is 4.98 Å². The number of pyridine rings is 1. The maximum Gasteiger partial charge on any atom is 0.134 e. The Morgan fingerprint density at radius 3 is 2.88 bits per heavy atom. The van der Waals surface area contributed by atoms with Crippen molar-refractivity contribution in [3.63, 3.8) is 0 Å². The summed E-state index contributed by atoms with van der Waals surface area (Å²) in [7, 11) is 0. The number of H-pyrrole nitrogens is 1. The van der Waals surface area contributed by atoms with E-state index < -0.39 is 0 Å². The predicted octanol–water partition coefficient (Wildman–Crippen LogP) is 2.40. The largest absolute Gasteiger partial charge is 0.490 e. The topological polar surface area (TPSA) is 134 Å². The first-order chi connectivity index (χ1) is 11.6. The maximum atomic E-state index is 9.27. The number of nitrogens with zero attached hydrogens (tertiary/aromatic N) is 2. The molecule has 3 rings (SSSR count). The van der Waals surface area contributed by atoms with Crippen molar-refractivity contribution < 1.29 is 9.84 Å². The minimum absolute atomic E-state index is 0.114. The Morgan fingerprint density at radius 2 is 2.17 bits per heavy atom. The summed E-state index contributed by atoms with van der Waals surface area (Å²) in [4.78, 5) is 7.26. The first-order valence-electron chi connectivity index (χ1n) is 7.06. The zero-order valence-corrected chi connectivity index (χ0v) is 14.1. The molecule has 0 saturated heterocycles. The van der Waals surface area contributed by atoms with Crippen LogP contribution in [0.2, 0.25) is 0 Å². The number of anilines is 2. The summed E-state index contributed by atoms with van der Waals surface area (Å²) in [5.41, 5.74) is 14.7. The van der Waals surface area contributed by atoms with E-state index in [0.29, 0.717) is 43.9 Å². The summed E-state index contributed by atoms with van der Waals surface area (Å²) in [5, 5.41) is 18.9. The third-order valence-corrected chi connectivity index (χ3v) is 4.33. The SMILES string of the molecule is N#Cc1cnc(N)c2c(Br)c(-c3ccc(N)cc3OCCO)[nH]c12. The van der Waals surface area contributed by atoms with Gasteiger partial charge in [0.05, 0.1) is 33.2 Å². The Labute approximate surface area is 146 Å². The van der Waals surface area contributed by atoms with Gasteiger partial charge in [-0.2, -0.15) is 5.26 Å². The molecule has 0 fully saturated rings. The average Bonchev–Trinajstić information content (AvgIpc) is 2.92. The highest BCUT2D eigenvalue weighted by molar-refractivity contribution is 9.10. The molecular weight excluding hydrogens is 374 g/mol. The number of fused-ring (bicyclic) bond motifs is 1. The maximum absolute atomic E-state index is 9.27. The minimum Gasteiger partial charge on any atom is -0.490 e. The summed E-state index contributed by atoms with van der Waals surface area (Å²) in [6.45, 7) is 0.0268. The van der Waals surface area contributed by atoms with E-state index in [9.17, 15) is 5.26 Å². The number of nitrogens with two attached hydrogens (primary N) is 2. The first kappa shape index (κ1) is 16.1. The highest BCUT2D eigenvalue weighted by Crippen LogP contribution is 2.41. The molecule has 0 unspecified atom stereocenters. The van der Waals surface area contributed by atoms with Crippen LogP contribution in [0, 0.1) is 11.3 Å². The van der Waals surface area contributed by atoms with Crippen LogP contribution in [0.4, 0.5) is 11.5 Å². The number of halogens is 1. The molecule has 3 aromatic rings. The number of nitrogen functional groups attached to an aromatic ring is 2. The van der Waals surface area contributed by atoms with Crippen LogP contribution >= 0.6 is 15.9 Å². The van der Waals surface area contributed by atoms with Crippen LogP contribution in [0.15, 0.2) is 28.9 Å². The second-order valence-electron chi connectivity index (χ2n) is 5.06. The number of aliphatic hydroxyl groups excluding tert-OH is 1. The van der Waals surface area contributed by atoms with E-state index >= 15 is 0 Å². The Bertz CT molecular complexity index is 961. The molecule has 0 aliphatic heterocycles. The summed E-state index contributed by atoms with van der Waals surface area (Å²) >= 11 is 3.53. The van der Waals surface area contributed by atoms with E-state index in [1.807, 2.05) is 0 Å². The van der Waals surface area contributed by atoms with Crippen molar-refractivity contribution >= 4 is 38.3 Å². The van der Waals surface area contributed by atoms with E-state index in [1.165, 1.54) is 6.20 Å². The van der Waals surface area contributed by atoms with E-state index in [0.717, 1.165) is 5.56 Å². The van der Waals surface area contributed by atoms with Gasteiger partial charge in [-0.1, -0.05) is 0 Å². The molecule has 8 heteroatoms. The molecule has 0 aliphatic rings. The molecule has 2 aromatic heterocycles. The molecule has 122 valence electrons. The van der Waals surface area contributed by atoms with Gasteiger partial charge in [0.1, 0.15) is 24.2 Å². The van der Waals surface area contributed by atoms with E-state index in [-0.39, 0.29) is 13.2 Å². The zero-order chi connectivity index (χ0) is 17.3. The zero-order valence-electron chi connectivity index (χ0n) is 12.5. The quantitative estimate of drug-likeness (QED) is 0.507. The van der Waals surface area contributed by atoms with Crippen molar-refractivity contribution in [1.82, 2.24) is 9.97 Å². The van der Waals surface area contributed by atoms with Crippen molar-refractivity contribution in [2.75, 3.05) is 24.7 Å². The second-order valence-corrected chi connectivity index (χ2v) is 5.85. The van der Waals surface area contributed by atoms with Gasteiger partial charge in [-0.05, 0) is 28.1 Å². The van der Waals surface area contributed by atoms with Crippen molar-refractivity contribution in [2.24, 2.45) is 0 Å². The molecule has 0 bridgehead atoms. The normalized spacial score (nSPS) is 10.7. The molecule has 0 aliphatic carbocycles. The van der Waals surface area contributed by atoms with Crippen LogP contribution in [-0.4, -0.2) is 28.3 Å². The van der Waals surface area contributed by atoms with Crippen LogP contribution in [0.25, 0.3) is 22.2 Å². The van der Waals surface area contributed by atoms with Gasteiger partial charge in [-0.3, -0.25) is 0 Å². The molecule has 0 spiro atoms. The van der Waals surface area contributed by atoms with Crippen LogP contribution in [0.1, 0.15) is 5.56 Å². The third-order valence-electron chi connectivity index (χ3n) is 3.54. The van der Waals surface area contributed by atoms with Gasteiger partial charge in [0.25, 0.3) is 0 Å². The van der Waals surface area contributed by atoms with E-state index in [1.54, 1.807) is 18.2 Å². The number of hydrogen-bond donors (Lipinski definition) is 4. The first-order valence-corrected chi connectivity index (χ1v) is 7.85. The number of aromatic nitrogens is 2. The standard InChI is InChI=1S/C16H14BrN5O2/c17-13-12-14(8(6-18)7-21-16(12)20)22-15(13)10-2-1-9(19)5-11(10)24-4-3-23/h1-2,5,7,22-23H,3-4,19H2,(H2,20,21). The molecule has 24 heavy (non-hydrogen) atoms. The van der Waals surface area contributed by atoms with Crippen LogP contribution in [0.3, 0.4) is 0 Å². The van der Waals surface area contributed by atoms with Crippen LogP contribution < -0.4 is 16.2 Å². The fourth-order valence-corrected chi connectivity index (χ4v) is 3.19. The molecule has 7 nitrogen and oxygen atoms in total. The van der Waals surface area contributed by atoms with Crippen molar-refractivity contribution in [3.8, 4) is 23.1 Å². The number of aromatic amines is 1. The van der Waals surface area contributed by atoms with Gasteiger partial charge in [0.15, 0.2) is 0 Å². The number of rotatable bonds is 4. The summed E-state index contributed by atoms with van der Waals surface area (Å²) in [6, 6.07) is 7.31. The number of aliphatic hydroxyl groups is 1. The number of nitrogens with one attached hydrogen (secondary N) is 1. The van der Waals surface area contributed by atoms with Gasteiger partial charge < -0.3 is 26.3 Å². The molecule has 0 atom stereocenters. The Kier molecular flexibility index (Phi) is 4.29. The van der Waals surface area contributed by atoms with Crippen molar-refractivity contribution in [3.05, 3.63) is 34.4 Å². The Hall–Kier alpha value is -2.76. The molecular formula is C16H14BrN5O2. The molecule has 0 radical (unpaired) electrons. The molecule has 6 N–H and O–H groups in total. The second kappa shape index (κ2) is 6.39. The van der Waals surface area contributed by atoms with Gasteiger partial charge in [-0.15, -0.1) is 0 Å². The van der Waals surface area contributed by atoms with Gasteiger partial charge >= 0.3 is 0 Å². The lowest BCUT2D eigenvalue weighted by Gasteiger charge is -2.11. The summed E-state index contributed by atoms with van der Waals surface area (Å²) in [6.07, 6.45) is 1.43. The van der Waals surface area contributed by atoms with Crippen LogP contribution in [0.5, 0.6) is 5.75 Å². The predicted molar refractivity (Wildman–Crippen MR) is 95.4 cm³/mol. The van der Waals surface area contributed by atoms with E-state index in [4.69, 9.17) is 21.3 Å². The van der Waals surface area contributed by atoms with E-state index in [2.05, 4.69) is 32.0 Å². The lowest BCUT2D eigenvalue weighted by Crippen LogP contribution is -2.03. The molecule has 1 aromatic carbocycles. The third kappa shape index (κ3) is 2.64. The minimum atomic E-state index is -0.114. The van der Waals surface area contributed by atoms with Crippen molar-refractivity contribution in [1.29, 1.82) is 5.26 Å². The highest BCUT2D eigenvalue weighted by Gasteiger charge is 2.19. The number of ether oxygens (including phenoxy) is 1. The fourth-order valence-electron chi connectivity index (χ4n) is 2.47. The van der Waals surface area contributed by atoms with Crippen molar-refractivity contribution in [2.45, 2.75) is 0 Å². The fraction of sp³-hybridized carbons (Fsp3) is 0.125. The summed E-state index contributed by atoms with van der Waals surface area (Å²) < 4.78 is 6.26. The number of benzene rings is 1. The van der Waals surface area contributed by atoms with Gasteiger partial charge in [0, 0.05) is 23.5 Å². The van der Waals surface area contributed by atoms with Crippen LogP contribution in [-0.2, 0) is 0 Å². The summed E-state index contributed by atoms with van der Waals surface area (Å²) in [5.74, 6) is 0.827. The molecule has 0 amide bonds. The number of hydrogen-bond acceptors (Lipinski definition) is 6. The number of nitriles is 1. The smallest absolute Gasteiger partial charge is 0.134 e.